The molecule has 94 valence electrons. The Balaban J connectivity index is 2.12. The van der Waals surface area contributed by atoms with Crippen molar-refractivity contribution in [2.75, 3.05) is 32.2 Å². The largest absolute Gasteiger partial charge is 0.379 e. The normalized spacial score (nSPS) is 19.6. The van der Waals surface area contributed by atoms with Gasteiger partial charge in [-0.25, -0.2) is 0 Å². The molecule has 1 N–H and O–H groups in total. The fraction of sp³-hybridized carbons (Fsp3) is 0.538. The van der Waals surface area contributed by atoms with Crippen LogP contribution in [-0.2, 0) is 11.3 Å². The first-order valence-corrected chi connectivity index (χ1v) is 6.33. The molecule has 1 heterocycles. The van der Waals surface area contributed by atoms with Gasteiger partial charge in [0.05, 0.1) is 12.6 Å². The molecule has 0 radical (unpaired) electrons. The molecule has 0 aromatic heterocycles. The average Bonchev–Trinajstić information content (AvgIpc) is 2.84. The van der Waals surface area contributed by atoms with Crippen molar-refractivity contribution >= 4 is 17.3 Å². The number of nitrogens with zero attached hydrogens (tertiary/aromatic N) is 1. The minimum Gasteiger partial charge on any atom is -0.379 e. The van der Waals surface area contributed by atoms with Crippen molar-refractivity contribution in [3.8, 4) is 0 Å². The lowest BCUT2D eigenvalue weighted by Crippen LogP contribution is -2.31. The van der Waals surface area contributed by atoms with E-state index in [0.717, 1.165) is 42.5 Å². The number of likely N-dealkylation sites (N-methyl/N-ethyl adjacent to an activating group) is 1. The molecule has 2 rings (SSSR count). The van der Waals surface area contributed by atoms with Crippen molar-refractivity contribution in [1.82, 2.24) is 5.32 Å². The molecule has 1 fully saturated rings. The molecule has 3 nitrogen and oxygen atoms in total. The van der Waals surface area contributed by atoms with E-state index < -0.39 is 0 Å². The standard InChI is InChI=1S/C13H19ClN2O/c1-15-8-10-3-4-11(7-13(10)14)16(2)12-5-6-17-9-12/h3-4,7,12,15H,5-6,8-9H2,1-2H3. The fourth-order valence-corrected chi connectivity index (χ4v) is 2.37. The van der Waals surface area contributed by atoms with Crippen molar-refractivity contribution in [3.05, 3.63) is 28.8 Å². The minimum atomic E-state index is 0.473. The lowest BCUT2D eigenvalue weighted by Gasteiger charge is -2.26. The zero-order valence-electron chi connectivity index (χ0n) is 10.4. The van der Waals surface area contributed by atoms with Gasteiger partial charge < -0.3 is 15.0 Å². The van der Waals surface area contributed by atoms with E-state index in [9.17, 15) is 0 Å². The van der Waals surface area contributed by atoms with Gasteiger partial charge in [-0.15, -0.1) is 0 Å². The number of nitrogens with one attached hydrogen (secondary N) is 1. The van der Waals surface area contributed by atoms with Gasteiger partial charge in [-0.3, -0.25) is 0 Å². The highest BCUT2D eigenvalue weighted by Gasteiger charge is 2.20. The molecule has 1 saturated heterocycles. The summed E-state index contributed by atoms with van der Waals surface area (Å²) in [6, 6.07) is 6.71. The summed E-state index contributed by atoms with van der Waals surface area (Å²) in [7, 11) is 4.02. The molecular formula is C13H19ClN2O. The van der Waals surface area contributed by atoms with Crippen molar-refractivity contribution in [2.45, 2.75) is 19.0 Å². The summed E-state index contributed by atoms with van der Waals surface area (Å²) in [5.41, 5.74) is 2.29. The third-order valence-corrected chi connectivity index (χ3v) is 3.62. The first kappa shape index (κ1) is 12.7. The molecule has 0 amide bonds. The Morgan fingerprint density at radius 2 is 2.35 bits per heavy atom. The third-order valence-electron chi connectivity index (χ3n) is 3.26. The van der Waals surface area contributed by atoms with Gasteiger partial charge in [0.25, 0.3) is 0 Å². The number of benzene rings is 1. The second-order valence-electron chi connectivity index (χ2n) is 4.43. The van der Waals surface area contributed by atoms with Gasteiger partial charge in [0, 0.05) is 30.9 Å². The van der Waals surface area contributed by atoms with E-state index in [0.29, 0.717) is 6.04 Å². The van der Waals surface area contributed by atoms with E-state index in [1.54, 1.807) is 0 Å². The Morgan fingerprint density at radius 3 is 2.94 bits per heavy atom. The lowest BCUT2D eigenvalue weighted by molar-refractivity contribution is 0.193. The third kappa shape index (κ3) is 2.92. The van der Waals surface area contributed by atoms with Crippen LogP contribution in [0.2, 0.25) is 5.02 Å². The summed E-state index contributed by atoms with van der Waals surface area (Å²) < 4.78 is 5.41. The second-order valence-corrected chi connectivity index (χ2v) is 4.84. The minimum absolute atomic E-state index is 0.473. The Morgan fingerprint density at radius 1 is 1.53 bits per heavy atom. The van der Waals surface area contributed by atoms with Crippen LogP contribution in [0.3, 0.4) is 0 Å². The molecular weight excluding hydrogens is 236 g/mol. The van der Waals surface area contributed by atoms with Gasteiger partial charge in [-0.05, 0) is 31.2 Å². The van der Waals surface area contributed by atoms with Crippen LogP contribution in [0.15, 0.2) is 18.2 Å². The second kappa shape index (κ2) is 5.71. The van der Waals surface area contributed by atoms with E-state index in [4.69, 9.17) is 16.3 Å². The van der Waals surface area contributed by atoms with Gasteiger partial charge in [-0.2, -0.15) is 0 Å². The van der Waals surface area contributed by atoms with Crippen LogP contribution in [0.1, 0.15) is 12.0 Å². The number of halogens is 1. The van der Waals surface area contributed by atoms with Gasteiger partial charge in [0.1, 0.15) is 0 Å². The highest BCUT2D eigenvalue weighted by Crippen LogP contribution is 2.26. The molecule has 1 aliphatic heterocycles. The number of hydrogen-bond donors (Lipinski definition) is 1. The molecule has 0 aliphatic carbocycles. The van der Waals surface area contributed by atoms with E-state index >= 15 is 0 Å². The zero-order valence-corrected chi connectivity index (χ0v) is 11.1. The smallest absolute Gasteiger partial charge is 0.0670 e. The molecule has 17 heavy (non-hydrogen) atoms. The van der Waals surface area contributed by atoms with Crippen LogP contribution in [0, 0.1) is 0 Å². The van der Waals surface area contributed by atoms with E-state index in [1.165, 1.54) is 0 Å². The van der Waals surface area contributed by atoms with Crippen LogP contribution in [0.4, 0.5) is 5.69 Å². The lowest BCUT2D eigenvalue weighted by atomic mass is 10.1. The Hall–Kier alpha value is -0.770. The molecule has 1 aliphatic rings. The molecule has 1 aromatic carbocycles. The summed E-state index contributed by atoms with van der Waals surface area (Å²) in [4.78, 5) is 2.25. The van der Waals surface area contributed by atoms with Crippen molar-refractivity contribution in [2.24, 2.45) is 0 Å². The highest BCUT2D eigenvalue weighted by molar-refractivity contribution is 6.31. The van der Waals surface area contributed by atoms with Crippen LogP contribution in [0.25, 0.3) is 0 Å². The molecule has 0 saturated carbocycles. The molecule has 1 aromatic rings. The van der Waals surface area contributed by atoms with Gasteiger partial charge in [0.2, 0.25) is 0 Å². The Labute approximate surface area is 108 Å². The van der Waals surface area contributed by atoms with Gasteiger partial charge in [0.15, 0.2) is 0 Å². The van der Waals surface area contributed by atoms with Crippen LogP contribution >= 0.6 is 11.6 Å². The molecule has 4 heteroatoms. The van der Waals surface area contributed by atoms with Crippen LogP contribution in [0.5, 0.6) is 0 Å². The number of rotatable bonds is 4. The predicted octanol–water partition coefficient (Wildman–Crippen LogP) is 2.28. The van der Waals surface area contributed by atoms with Crippen molar-refractivity contribution < 1.29 is 4.74 Å². The molecule has 0 spiro atoms. The molecule has 1 atom stereocenters. The fourth-order valence-electron chi connectivity index (χ4n) is 2.13. The summed E-state index contributed by atoms with van der Waals surface area (Å²) in [5.74, 6) is 0. The number of anilines is 1. The zero-order chi connectivity index (χ0) is 12.3. The Bertz CT molecular complexity index is 378. The maximum atomic E-state index is 6.26. The van der Waals surface area contributed by atoms with Crippen molar-refractivity contribution in [3.63, 3.8) is 0 Å². The average molecular weight is 255 g/mol. The molecule has 1 unspecified atom stereocenters. The van der Waals surface area contributed by atoms with E-state index in [2.05, 4.69) is 29.4 Å². The maximum absolute atomic E-state index is 6.26. The topological polar surface area (TPSA) is 24.5 Å². The van der Waals surface area contributed by atoms with Gasteiger partial charge >= 0.3 is 0 Å². The SMILES string of the molecule is CNCc1ccc(N(C)C2CCOC2)cc1Cl. The Kier molecular flexibility index (Phi) is 4.26. The summed E-state index contributed by atoms with van der Waals surface area (Å²) in [5, 5.41) is 3.93. The van der Waals surface area contributed by atoms with E-state index in [1.807, 2.05) is 13.1 Å². The maximum Gasteiger partial charge on any atom is 0.0670 e. The monoisotopic (exact) mass is 254 g/mol. The summed E-state index contributed by atoms with van der Waals surface area (Å²) >= 11 is 6.26. The van der Waals surface area contributed by atoms with Gasteiger partial charge in [-0.1, -0.05) is 17.7 Å². The van der Waals surface area contributed by atoms with Crippen LogP contribution < -0.4 is 10.2 Å². The quantitative estimate of drug-likeness (QED) is 0.892. The van der Waals surface area contributed by atoms with Crippen molar-refractivity contribution in [1.29, 1.82) is 0 Å². The number of ether oxygens (including phenoxy) is 1. The number of hydrogen-bond acceptors (Lipinski definition) is 3. The first-order valence-electron chi connectivity index (χ1n) is 5.96. The summed E-state index contributed by atoms with van der Waals surface area (Å²) in [6.45, 7) is 2.47. The predicted molar refractivity (Wildman–Crippen MR) is 71.8 cm³/mol. The first-order chi connectivity index (χ1) is 8.22. The molecule has 0 bridgehead atoms. The van der Waals surface area contributed by atoms with Crippen LogP contribution in [-0.4, -0.2) is 33.4 Å². The van der Waals surface area contributed by atoms with E-state index in [-0.39, 0.29) is 0 Å². The summed E-state index contributed by atoms with van der Waals surface area (Å²) in [6.07, 6.45) is 1.09. The highest BCUT2D eigenvalue weighted by atomic mass is 35.5.